The van der Waals surface area contributed by atoms with Crippen molar-refractivity contribution in [1.82, 2.24) is 9.55 Å². The highest BCUT2D eigenvalue weighted by Crippen LogP contribution is 2.31. The van der Waals surface area contributed by atoms with Gasteiger partial charge in [0.15, 0.2) is 5.16 Å². The normalized spacial score (nSPS) is 18.3. The van der Waals surface area contributed by atoms with E-state index in [2.05, 4.69) is 4.98 Å². The Bertz CT molecular complexity index is 656. The van der Waals surface area contributed by atoms with Gasteiger partial charge in [-0.3, -0.25) is 9.36 Å². The summed E-state index contributed by atoms with van der Waals surface area (Å²) in [6, 6.07) is 5.75. The molecule has 1 aliphatic rings. The van der Waals surface area contributed by atoms with Crippen LogP contribution in [0.1, 0.15) is 12.0 Å². The molecule has 2 aromatic rings. The van der Waals surface area contributed by atoms with E-state index in [4.69, 9.17) is 16.3 Å². The third kappa shape index (κ3) is 2.43. The molecule has 1 saturated heterocycles. The molecule has 104 valence electrons. The van der Waals surface area contributed by atoms with Crippen LogP contribution in [0.15, 0.2) is 35.7 Å². The van der Waals surface area contributed by atoms with Gasteiger partial charge in [0, 0.05) is 23.8 Å². The maximum absolute atomic E-state index is 11.6. The van der Waals surface area contributed by atoms with Crippen LogP contribution in [0.25, 0.3) is 5.69 Å². The molecule has 1 unspecified atom stereocenters. The van der Waals surface area contributed by atoms with E-state index in [0.29, 0.717) is 11.6 Å². The van der Waals surface area contributed by atoms with Crippen LogP contribution in [0.5, 0.6) is 0 Å². The second kappa shape index (κ2) is 5.50. The first-order valence-electron chi connectivity index (χ1n) is 6.29. The highest BCUT2D eigenvalue weighted by molar-refractivity contribution is 8.00. The van der Waals surface area contributed by atoms with Gasteiger partial charge in [0.05, 0.1) is 12.3 Å². The zero-order valence-corrected chi connectivity index (χ0v) is 12.4. The third-order valence-corrected chi connectivity index (χ3v) is 4.88. The molecule has 0 amide bonds. The lowest BCUT2D eigenvalue weighted by Gasteiger charge is -2.12. The number of ether oxygens (including phenoxy) is 1. The largest absolute Gasteiger partial charge is 0.465 e. The Hall–Kier alpha value is -1.46. The minimum Gasteiger partial charge on any atom is -0.465 e. The number of benzene rings is 1. The minimum absolute atomic E-state index is 0.160. The van der Waals surface area contributed by atoms with Gasteiger partial charge >= 0.3 is 5.97 Å². The first kappa shape index (κ1) is 13.5. The van der Waals surface area contributed by atoms with Gasteiger partial charge < -0.3 is 4.74 Å². The predicted octanol–water partition coefficient (Wildman–Crippen LogP) is 3.24. The summed E-state index contributed by atoms with van der Waals surface area (Å²) in [6.07, 6.45) is 4.33. The highest BCUT2D eigenvalue weighted by atomic mass is 35.5. The molecule has 1 fully saturated rings. The zero-order valence-electron chi connectivity index (χ0n) is 10.9. The number of carbonyl (C=O) groups is 1. The predicted molar refractivity (Wildman–Crippen MR) is 78.5 cm³/mol. The van der Waals surface area contributed by atoms with E-state index in [1.165, 1.54) is 11.8 Å². The molecular formula is C14H13ClN2O2S. The Balaban J connectivity index is 1.94. The summed E-state index contributed by atoms with van der Waals surface area (Å²) in [6.45, 7) is 2.46. The van der Waals surface area contributed by atoms with E-state index >= 15 is 0 Å². The lowest BCUT2D eigenvalue weighted by molar-refractivity contribution is -0.137. The average molecular weight is 309 g/mol. The molecule has 3 rings (SSSR count). The number of carbonyl (C=O) groups excluding carboxylic acids is 1. The average Bonchev–Trinajstić information content (AvgIpc) is 3.04. The van der Waals surface area contributed by atoms with Crippen LogP contribution in [-0.2, 0) is 9.53 Å². The molecule has 0 aliphatic carbocycles. The van der Waals surface area contributed by atoms with Crippen LogP contribution in [-0.4, -0.2) is 27.4 Å². The lowest BCUT2D eigenvalue weighted by atomic mass is 10.2. The van der Waals surface area contributed by atoms with Gasteiger partial charge in [-0.2, -0.15) is 0 Å². The molecule has 20 heavy (non-hydrogen) atoms. The van der Waals surface area contributed by atoms with E-state index in [1.54, 1.807) is 6.20 Å². The fourth-order valence-electron chi connectivity index (χ4n) is 2.13. The van der Waals surface area contributed by atoms with Crippen molar-refractivity contribution in [2.75, 3.05) is 6.61 Å². The number of esters is 1. The number of halogens is 1. The van der Waals surface area contributed by atoms with E-state index < -0.39 is 0 Å². The molecule has 0 spiro atoms. The number of nitrogens with zero attached hydrogens (tertiary/aromatic N) is 2. The maximum atomic E-state index is 11.6. The molecule has 1 atom stereocenters. The Morgan fingerprint density at radius 1 is 1.50 bits per heavy atom. The van der Waals surface area contributed by atoms with Crippen LogP contribution >= 0.6 is 23.4 Å². The summed E-state index contributed by atoms with van der Waals surface area (Å²) in [5, 5.41) is 1.32. The van der Waals surface area contributed by atoms with E-state index in [9.17, 15) is 4.79 Å². The molecule has 0 saturated carbocycles. The Labute approximate surface area is 126 Å². The summed E-state index contributed by atoms with van der Waals surface area (Å²) in [5.74, 6) is -0.160. The molecule has 0 bridgehead atoms. The summed E-state index contributed by atoms with van der Waals surface area (Å²) in [7, 11) is 0. The number of thioether (sulfide) groups is 1. The minimum atomic E-state index is -0.171. The van der Waals surface area contributed by atoms with E-state index in [-0.39, 0.29) is 11.2 Å². The Kier molecular flexibility index (Phi) is 3.72. The van der Waals surface area contributed by atoms with Gasteiger partial charge in [-0.25, -0.2) is 4.98 Å². The molecule has 1 aromatic carbocycles. The SMILES string of the molecule is Cc1c(Cl)cccc1-n1ccnc1SC1CCOC1=O. The van der Waals surface area contributed by atoms with E-state index in [0.717, 1.165) is 22.8 Å². The molecule has 0 N–H and O–H groups in total. The van der Waals surface area contributed by atoms with Crippen molar-refractivity contribution in [2.24, 2.45) is 0 Å². The van der Waals surface area contributed by atoms with Crippen molar-refractivity contribution >= 4 is 29.3 Å². The number of imidazole rings is 1. The fraction of sp³-hybridized carbons (Fsp3) is 0.286. The molecule has 1 aromatic heterocycles. The lowest BCUT2D eigenvalue weighted by Crippen LogP contribution is -2.11. The highest BCUT2D eigenvalue weighted by Gasteiger charge is 2.29. The number of aromatic nitrogens is 2. The second-order valence-corrected chi connectivity index (χ2v) is 6.10. The molecular weight excluding hydrogens is 296 g/mol. The Morgan fingerprint density at radius 3 is 3.10 bits per heavy atom. The van der Waals surface area contributed by atoms with Crippen LogP contribution in [0.3, 0.4) is 0 Å². The van der Waals surface area contributed by atoms with Crippen LogP contribution in [0.4, 0.5) is 0 Å². The van der Waals surface area contributed by atoms with Gasteiger partial charge in [-0.05, 0) is 24.6 Å². The number of hydrogen-bond acceptors (Lipinski definition) is 4. The zero-order chi connectivity index (χ0) is 14.1. The molecule has 1 aliphatic heterocycles. The van der Waals surface area contributed by atoms with Crippen LogP contribution in [0, 0.1) is 6.92 Å². The summed E-state index contributed by atoms with van der Waals surface area (Å²) < 4.78 is 6.94. The van der Waals surface area contributed by atoms with Crippen molar-refractivity contribution in [3.05, 3.63) is 41.2 Å². The standard InChI is InChI=1S/C14H13ClN2O2S/c1-9-10(15)3-2-4-11(9)17-7-6-16-14(17)20-12-5-8-19-13(12)18/h2-4,6-7,12H,5,8H2,1H3. The maximum Gasteiger partial charge on any atom is 0.319 e. The number of hydrogen-bond donors (Lipinski definition) is 0. The van der Waals surface area contributed by atoms with Crippen molar-refractivity contribution in [2.45, 2.75) is 23.8 Å². The summed E-state index contributed by atoms with van der Waals surface area (Å²) in [4.78, 5) is 15.9. The summed E-state index contributed by atoms with van der Waals surface area (Å²) in [5.41, 5.74) is 1.96. The topological polar surface area (TPSA) is 44.1 Å². The molecule has 0 radical (unpaired) electrons. The molecule has 6 heteroatoms. The Morgan fingerprint density at radius 2 is 2.35 bits per heavy atom. The smallest absolute Gasteiger partial charge is 0.319 e. The van der Waals surface area contributed by atoms with Gasteiger partial charge in [-0.1, -0.05) is 29.4 Å². The van der Waals surface area contributed by atoms with E-state index in [1.807, 2.05) is 35.9 Å². The van der Waals surface area contributed by atoms with Crippen molar-refractivity contribution in [3.8, 4) is 5.69 Å². The van der Waals surface area contributed by atoms with Crippen LogP contribution < -0.4 is 0 Å². The number of cyclic esters (lactones) is 1. The quantitative estimate of drug-likeness (QED) is 0.817. The van der Waals surface area contributed by atoms with Crippen molar-refractivity contribution in [3.63, 3.8) is 0 Å². The monoisotopic (exact) mass is 308 g/mol. The van der Waals surface area contributed by atoms with Gasteiger partial charge in [0.25, 0.3) is 0 Å². The van der Waals surface area contributed by atoms with Gasteiger partial charge in [-0.15, -0.1) is 0 Å². The summed E-state index contributed by atoms with van der Waals surface area (Å²) >= 11 is 7.60. The third-order valence-electron chi connectivity index (χ3n) is 3.24. The van der Waals surface area contributed by atoms with Crippen LogP contribution in [0.2, 0.25) is 5.02 Å². The fourth-order valence-corrected chi connectivity index (χ4v) is 3.33. The van der Waals surface area contributed by atoms with Gasteiger partial charge in [0.2, 0.25) is 0 Å². The van der Waals surface area contributed by atoms with Gasteiger partial charge in [0.1, 0.15) is 5.25 Å². The van der Waals surface area contributed by atoms with Crippen molar-refractivity contribution < 1.29 is 9.53 Å². The molecule has 4 nitrogen and oxygen atoms in total. The first-order chi connectivity index (χ1) is 9.66. The first-order valence-corrected chi connectivity index (χ1v) is 7.54. The van der Waals surface area contributed by atoms with Crippen molar-refractivity contribution in [1.29, 1.82) is 0 Å². The second-order valence-electron chi connectivity index (χ2n) is 4.53. The number of rotatable bonds is 3. The molecule has 2 heterocycles.